The Labute approximate surface area is 171 Å². The van der Waals surface area contributed by atoms with Crippen LogP contribution in [-0.2, 0) is 14.3 Å². The van der Waals surface area contributed by atoms with Crippen molar-refractivity contribution in [1.29, 1.82) is 0 Å². The fourth-order valence-corrected chi connectivity index (χ4v) is 2.86. The lowest BCUT2D eigenvalue weighted by molar-refractivity contribution is -0.158. The van der Waals surface area contributed by atoms with Crippen LogP contribution < -0.4 is 5.73 Å². The Hall–Kier alpha value is -0.134. The largest absolute Gasteiger partial charge is 0.392 e. The van der Waals surface area contributed by atoms with Crippen molar-refractivity contribution in [2.75, 3.05) is 6.54 Å². The molecule has 0 aliphatic heterocycles. The van der Waals surface area contributed by atoms with Crippen molar-refractivity contribution in [2.24, 2.45) is 5.73 Å². The van der Waals surface area contributed by atoms with Gasteiger partial charge in [-0.05, 0) is 6.42 Å². The number of unbranched alkanes of at least 4 members (excludes halogenated alkanes) is 14. The Morgan fingerprint density at radius 2 is 1.00 bits per heavy atom. The molecule has 0 spiro atoms. The summed E-state index contributed by atoms with van der Waals surface area (Å²) in [6.45, 7) is 2.03. The minimum Gasteiger partial charge on any atom is -0.392 e. The molecule has 25 heavy (non-hydrogen) atoms. The molecule has 0 radical (unpaired) electrons. The molecule has 0 amide bonds. The fraction of sp³-hybridized carbons (Fsp3) is 0.900. The monoisotopic (exact) mass is 367 g/mol. The van der Waals surface area contributed by atoms with Crippen molar-refractivity contribution in [3.8, 4) is 0 Å². The quantitative estimate of drug-likeness (QED) is 0.179. The molecule has 0 fully saturated rings. The third-order valence-electron chi connectivity index (χ3n) is 4.38. The number of carbonyl (C=O) groups excluding carboxylic acids is 2. The van der Waals surface area contributed by atoms with Gasteiger partial charge in [0.25, 0.3) is 0 Å². The highest BCUT2D eigenvalue weighted by Crippen LogP contribution is 2.13. The topological polar surface area (TPSA) is 69.4 Å². The fourth-order valence-electron chi connectivity index (χ4n) is 2.86. The lowest BCUT2D eigenvalue weighted by Gasteiger charge is -2.03. The van der Waals surface area contributed by atoms with Crippen LogP contribution in [0.5, 0.6) is 0 Å². The second-order valence-corrected chi connectivity index (χ2v) is 6.75. The van der Waals surface area contributed by atoms with Gasteiger partial charge in [-0.15, -0.1) is 0 Å². The smallest absolute Gasteiger partial charge is 0.327 e. The maximum atomic E-state index is 11.2. The predicted octanol–water partition coefficient (Wildman–Crippen LogP) is 4.36. The molecule has 0 atom stereocenters. The second-order valence-electron chi connectivity index (χ2n) is 6.75. The molecule has 0 aromatic carbocycles. The zero-order valence-corrected chi connectivity index (χ0v) is 15.8. The van der Waals surface area contributed by atoms with Crippen LogP contribution >= 0.6 is 0 Å². The van der Waals surface area contributed by atoms with E-state index < -0.39 is 11.9 Å². The second kappa shape index (κ2) is 21.9. The Morgan fingerprint density at radius 3 is 1.36 bits per heavy atom. The van der Waals surface area contributed by atoms with Crippen LogP contribution in [0.25, 0.3) is 0 Å². The van der Waals surface area contributed by atoms with Gasteiger partial charge in [-0.3, -0.25) is 9.59 Å². The maximum Gasteiger partial charge on any atom is 0.327 e. The first-order chi connectivity index (χ1) is 11.7. The highest BCUT2D eigenvalue weighted by molar-refractivity contribution is 5.86. The molecule has 5 heteroatoms. The lowest BCUT2D eigenvalue weighted by Crippen LogP contribution is -2.20. The number of hydrogen-bond acceptors (Lipinski definition) is 4. The normalized spacial score (nSPS) is 10.3. The summed E-state index contributed by atoms with van der Waals surface area (Å²) in [6.07, 6.45) is 19.7. The zero-order chi connectivity index (χ0) is 17.9. The third-order valence-corrected chi connectivity index (χ3v) is 4.38. The van der Waals surface area contributed by atoms with Crippen molar-refractivity contribution in [3.63, 3.8) is 0 Å². The van der Waals surface area contributed by atoms with Gasteiger partial charge < -0.3 is 10.5 Å². The molecule has 0 heterocycles. The van der Waals surface area contributed by atoms with E-state index in [2.05, 4.69) is 11.7 Å². The highest BCUT2D eigenvalue weighted by Gasteiger charge is 2.07. The summed E-state index contributed by atoms with van der Waals surface area (Å²) < 4.78 is 4.52. The van der Waals surface area contributed by atoms with E-state index in [1.165, 1.54) is 77.0 Å². The van der Waals surface area contributed by atoms with Gasteiger partial charge in [-0.25, -0.2) is 0 Å². The molecule has 0 saturated carbocycles. The number of esters is 2. The van der Waals surface area contributed by atoms with Crippen molar-refractivity contribution in [3.05, 3.63) is 0 Å². The van der Waals surface area contributed by atoms with Gasteiger partial charge in [0.15, 0.2) is 0 Å². The lowest BCUT2D eigenvalue weighted by atomic mass is 10.0. The molecule has 0 aromatic heterocycles. The summed E-state index contributed by atoms with van der Waals surface area (Å²) in [4.78, 5) is 22.1. The van der Waals surface area contributed by atoms with E-state index in [1.807, 2.05) is 0 Å². The number of rotatable bonds is 17. The maximum absolute atomic E-state index is 11.2. The first kappa shape index (κ1) is 27.1. The van der Waals surface area contributed by atoms with Crippen molar-refractivity contribution in [2.45, 2.75) is 110 Å². The molecule has 0 bridgehead atoms. The van der Waals surface area contributed by atoms with Crippen LogP contribution in [0.3, 0.4) is 0 Å². The zero-order valence-electron chi connectivity index (χ0n) is 15.8. The van der Waals surface area contributed by atoms with E-state index >= 15 is 0 Å². The molecular formula is C20H41MgNO3. The van der Waals surface area contributed by atoms with Gasteiger partial charge in [0, 0.05) is 6.42 Å². The van der Waals surface area contributed by atoms with Gasteiger partial charge in [-0.1, -0.05) is 96.8 Å². The molecule has 0 unspecified atom stereocenters. The predicted molar refractivity (Wildman–Crippen MR) is 108 cm³/mol. The van der Waals surface area contributed by atoms with Gasteiger partial charge in [0.1, 0.15) is 0 Å². The van der Waals surface area contributed by atoms with Crippen LogP contribution in [-0.4, -0.2) is 41.5 Å². The Kier molecular flexibility index (Phi) is 23.7. The highest BCUT2D eigenvalue weighted by atomic mass is 24.3. The molecule has 0 rings (SSSR count). The van der Waals surface area contributed by atoms with Gasteiger partial charge in [-0.2, -0.15) is 0 Å². The Bertz CT molecular complexity index is 311. The number of ether oxygens (including phenoxy) is 1. The number of carbonyl (C=O) groups is 2. The SMILES string of the molecule is CCCCCCCCCCCCCCCCCC(=O)OC(=O)CN.[MgH2]. The molecule has 146 valence electrons. The first-order valence-electron chi connectivity index (χ1n) is 10.1. The van der Waals surface area contributed by atoms with Gasteiger partial charge in [0.2, 0.25) is 0 Å². The Balaban J connectivity index is 0. The van der Waals surface area contributed by atoms with Crippen LogP contribution in [0.1, 0.15) is 110 Å². The van der Waals surface area contributed by atoms with Crippen molar-refractivity contribution in [1.82, 2.24) is 0 Å². The van der Waals surface area contributed by atoms with Crippen LogP contribution in [0.15, 0.2) is 0 Å². The molecule has 0 aliphatic rings. The standard InChI is InChI=1S/C20H39NO3.Mg.2H/c1-2-3-4-5-6-7-8-9-10-11-12-13-14-15-16-17-19(22)24-20(23)18-21;;;/h2-18,21H2,1H3;;;. The number of hydrogen-bond donors (Lipinski definition) is 1. The van der Waals surface area contributed by atoms with Gasteiger partial charge in [0.05, 0.1) is 6.54 Å². The average molecular weight is 368 g/mol. The third kappa shape index (κ3) is 21.8. The van der Waals surface area contributed by atoms with Crippen LogP contribution in [0.4, 0.5) is 0 Å². The van der Waals surface area contributed by atoms with Crippen LogP contribution in [0.2, 0.25) is 0 Å². The van der Waals surface area contributed by atoms with Crippen molar-refractivity contribution >= 4 is 35.0 Å². The molecule has 2 N–H and O–H groups in total. The van der Waals surface area contributed by atoms with E-state index in [1.54, 1.807) is 0 Å². The van der Waals surface area contributed by atoms with E-state index in [0.717, 1.165) is 19.3 Å². The van der Waals surface area contributed by atoms with E-state index in [4.69, 9.17) is 5.73 Å². The Morgan fingerprint density at radius 1 is 0.640 bits per heavy atom. The number of nitrogens with two attached hydrogens (primary N) is 1. The van der Waals surface area contributed by atoms with E-state index in [-0.39, 0.29) is 29.6 Å². The average Bonchev–Trinajstić information content (AvgIpc) is 2.58. The summed E-state index contributed by atoms with van der Waals surface area (Å²) in [7, 11) is 0. The molecule has 0 aromatic rings. The minimum absolute atomic E-state index is 0. The molecule has 0 aliphatic carbocycles. The molecular weight excluding hydrogens is 327 g/mol. The van der Waals surface area contributed by atoms with Gasteiger partial charge >= 0.3 is 35.0 Å². The summed E-state index contributed by atoms with van der Waals surface area (Å²) in [5, 5.41) is 0. The first-order valence-corrected chi connectivity index (χ1v) is 10.1. The molecule has 0 saturated heterocycles. The van der Waals surface area contributed by atoms with E-state index in [0.29, 0.717) is 6.42 Å². The molecule has 4 nitrogen and oxygen atoms in total. The van der Waals surface area contributed by atoms with E-state index in [9.17, 15) is 9.59 Å². The summed E-state index contributed by atoms with van der Waals surface area (Å²) in [5.74, 6) is -1.08. The summed E-state index contributed by atoms with van der Waals surface area (Å²) in [5.41, 5.74) is 5.08. The van der Waals surface area contributed by atoms with Crippen LogP contribution in [0, 0.1) is 0 Å². The summed E-state index contributed by atoms with van der Waals surface area (Å²) in [6, 6.07) is 0. The van der Waals surface area contributed by atoms with Crippen molar-refractivity contribution < 1.29 is 14.3 Å². The minimum atomic E-state index is -0.638. The summed E-state index contributed by atoms with van der Waals surface area (Å²) >= 11 is 0.